The van der Waals surface area contributed by atoms with Crippen LogP contribution in [0.1, 0.15) is 36.5 Å². The van der Waals surface area contributed by atoms with E-state index in [2.05, 4.69) is 24.5 Å². The number of thioether (sulfide) groups is 1. The minimum atomic E-state index is 0.494. The van der Waals surface area contributed by atoms with E-state index in [4.69, 9.17) is 16.9 Å². The number of hydrogen-bond acceptors (Lipinski definition) is 2. The Morgan fingerprint density at radius 3 is 2.67 bits per heavy atom. The Labute approximate surface area is 119 Å². The molecule has 1 nitrogen and oxygen atoms in total. The van der Waals surface area contributed by atoms with E-state index in [1.54, 1.807) is 0 Å². The zero-order chi connectivity index (χ0) is 13.0. The Morgan fingerprint density at radius 2 is 2.00 bits per heavy atom. The lowest BCUT2D eigenvalue weighted by molar-refractivity contribution is 0.652. The molecule has 1 aliphatic carbocycles. The molecule has 0 fully saturated rings. The topological polar surface area (TPSA) is 23.8 Å². The van der Waals surface area contributed by atoms with Crippen LogP contribution in [0.15, 0.2) is 12.1 Å². The fourth-order valence-corrected chi connectivity index (χ4v) is 3.32. The predicted octanol–water partition coefficient (Wildman–Crippen LogP) is 4.61. The molecular weight excluding hydrogens is 262 g/mol. The molecule has 0 bridgehead atoms. The Morgan fingerprint density at radius 1 is 1.33 bits per heavy atom. The highest BCUT2D eigenvalue weighted by Gasteiger charge is 2.14. The van der Waals surface area contributed by atoms with Gasteiger partial charge in [0.05, 0.1) is 0 Å². The first-order chi connectivity index (χ1) is 8.70. The molecule has 1 aromatic carbocycles. The number of benzene rings is 1. The van der Waals surface area contributed by atoms with Crippen molar-refractivity contribution in [3.8, 4) is 5.40 Å². The molecule has 0 spiro atoms. The fraction of sp³-hybridized carbons (Fsp3) is 0.533. The number of aryl methyl sites for hydroxylation is 2. The van der Waals surface area contributed by atoms with Gasteiger partial charge in [0.2, 0.25) is 0 Å². The summed E-state index contributed by atoms with van der Waals surface area (Å²) in [6.45, 7) is 2.18. The fourth-order valence-electron chi connectivity index (χ4n) is 2.58. The van der Waals surface area contributed by atoms with E-state index >= 15 is 0 Å². The van der Waals surface area contributed by atoms with Crippen LogP contribution < -0.4 is 0 Å². The molecule has 18 heavy (non-hydrogen) atoms. The molecule has 0 heterocycles. The van der Waals surface area contributed by atoms with Crippen molar-refractivity contribution in [2.75, 3.05) is 5.75 Å². The van der Waals surface area contributed by atoms with Gasteiger partial charge < -0.3 is 0 Å². The van der Waals surface area contributed by atoms with Gasteiger partial charge in [0, 0.05) is 10.8 Å². The van der Waals surface area contributed by atoms with Gasteiger partial charge in [0.15, 0.2) is 0 Å². The minimum absolute atomic E-state index is 0.494. The minimum Gasteiger partial charge on any atom is -0.185 e. The summed E-state index contributed by atoms with van der Waals surface area (Å²) in [6.07, 6.45) is 5.93. The Bertz CT molecular complexity index is 464. The van der Waals surface area contributed by atoms with Gasteiger partial charge in [-0.3, -0.25) is 0 Å². The van der Waals surface area contributed by atoms with E-state index in [1.807, 2.05) is 0 Å². The van der Waals surface area contributed by atoms with Crippen molar-refractivity contribution in [3.05, 3.63) is 33.8 Å². The summed E-state index contributed by atoms with van der Waals surface area (Å²) in [5, 5.41) is 11.6. The highest BCUT2D eigenvalue weighted by atomic mass is 35.5. The van der Waals surface area contributed by atoms with Gasteiger partial charge in [-0.2, -0.15) is 5.26 Å². The normalized spacial score (nSPS) is 15.8. The second-order valence-electron chi connectivity index (χ2n) is 5.13. The van der Waals surface area contributed by atoms with Crippen LogP contribution in [-0.2, 0) is 19.3 Å². The molecule has 1 aliphatic rings. The van der Waals surface area contributed by atoms with E-state index in [1.165, 1.54) is 54.1 Å². The van der Waals surface area contributed by atoms with Crippen LogP contribution >= 0.6 is 23.4 Å². The summed E-state index contributed by atoms with van der Waals surface area (Å²) >= 11 is 7.70. The summed E-state index contributed by atoms with van der Waals surface area (Å²) in [5.74, 6) is 1.37. The van der Waals surface area contributed by atoms with Gasteiger partial charge in [-0.15, -0.1) is 0 Å². The van der Waals surface area contributed by atoms with Crippen LogP contribution in [0.25, 0.3) is 0 Å². The molecule has 0 N–H and O–H groups in total. The molecule has 1 unspecified atom stereocenters. The van der Waals surface area contributed by atoms with Gasteiger partial charge in [-0.25, -0.2) is 0 Å². The van der Waals surface area contributed by atoms with Gasteiger partial charge in [-0.1, -0.05) is 24.6 Å². The molecule has 1 atom stereocenters. The molecular formula is C15H18ClNS. The lowest BCUT2D eigenvalue weighted by atomic mass is 9.89. The third kappa shape index (κ3) is 3.43. The number of halogens is 1. The maximum absolute atomic E-state index is 8.58. The van der Waals surface area contributed by atoms with Crippen molar-refractivity contribution in [2.45, 2.75) is 39.0 Å². The quantitative estimate of drug-likeness (QED) is 0.752. The van der Waals surface area contributed by atoms with E-state index in [0.717, 1.165) is 17.2 Å². The molecule has 0 aliphatic heterocycles. The van der Waals surface area contributed by atoms with Gasteiger partial charge in [-0.05, 0) is 72.5 Å². The standard InChI is InChI=1S/C15H18ClNS/c1-11(9-18-10-17)6-14-7-12-4-2-3-5-13(12)8-15(14)16/h7-8,11H,2-6,9H2,1H3. The van der Waals surface area contributed by atoms with Gasteiger partial charge in [0.25, 0.3) is 0 Å². The number of rotatable bonds is 4. The van der Waals surface area contributed by atoms with Crippen LogP contribution in [0, 0.1) is 16.6 Å². The molecule has 3 heteroatoms. The van der Waals surface area contributed by atoms with Crippen molar-refractivity contribution in [1.82, 2.24) is 0 Å². The highest BCUT2D eigenvalue weighted by molar-refractivity contribution is 8.03. The average Bonchev–Trinajstić information content (AvgIpc) is 2.37. The number of nitrogens with zero attached hydrogens (tertiary/aromatic N) is 1. The third-order valence-electron chi connectivity index (χ3n) is 3.51. The number of fused-ring (bicyclic) bond motifs is 1. The average molecular weight is 280 g/mol. The summed E-state index contributed by atoms with van der Waals surface area (Å²) in [4.78, 5) is 0. The molecule has 0 amide bonds. The summed E-state index contributed by atoms with van der Waals surface area (Å²) in [7, 11) is 0. The Hall–Kier alpha value is -0.650. The van der Waals surface area contributed by atoms with Crippen LogP contribution in [0.5, 0.6) is 0 Å². The van der Waals surface area contributed by atoms with Crippen molar-refractivity contribution in [2.24, 2.45) is 5.92 Å². The van der Waals surface area contributed by atoms with Crippen LogP contribution in [0.3, 0.4) is 0 Å². The van der Waals surface area contributed by atoms with E-state index in [-0.39, 0.29) is 0 Å². The molecule has 0 aromatic heterocycles. The summed E-state index contributed by atoms with van der Waals surface area (Å²) < 4.78 is 0. The van der Waals surface area contributed by atoms with Crippen LogP contribution in [0.4, 0.5) is 0 Å². The van der Waals surface area contributed by atoms with Gasteiger partial charge in [0.1, 0.15) is 5.40 Å². The SMILES string of the molecule is CC(CSC#N)Cc1cc2c(cc1Cl)CCCC2. The second kappa shape index (κ2) is 6.50. The molecule has 2 rings (SSSR count). The zero-order valence-corrected chi connectivity index (χ0v) is 12.3. The van der Waals surface area contributed by atoms with E-state index < -0.39 is 0 Å². The molecule has 96 valence electrons. The zero-order valence-electron chi connectivity index (χ0n) is 10.7. The highest BCUT2D eigenvalue weighted by Crippen LogP contribution is 2.29. The number of thiocyanates is 1. The first-order valence-corrected chi connectivity index (χ1v) is 7.88. The van der Waals surface area contributed by atoms with Crippen molar-refractivity contribution in [3.63, 3.8) is 0 Å². The lowest BCUT2D eigenvalue weighted by Crippen LogP contribution is -2.07. The second-order valence-corrected chi connectivity index (χ2v) is 6.34. The molecule has 0 saturated carbocycles. The largest absolute Gasteiger partial charge is 0.185 e. The van der Waals surface area contributed by atoms with Crippen LogP contribution in [0.2, 0.25) is 5.02 Å². The molecule has 0 radical (unpaired) electrons. The van der Waals surface area contributed by atoms with Gasteiger partial charge >= 0.3 is 0 Å². The Balaban J connectivity index is 2.11. The van der Waals surface area contributed by atoms with E-state index in [0.29, 0.717) is 5.92 Å². The summed E-state index contributed by atoms with van der Waals surface area (Å²) in [5.41, 5.74) is 4.18. The van der Waals surface area contributed by atoms with Crippen molar-refractivity contribution < 1.29 is 0 Å². The predicted molar refractivity (Wildman–Crippen MR) is 79.0 cm³/mol. The monoisotopic (exact) mass is 279 g/mol. The number of hydrogen-bond donors (Lipinski definition) is 0. The third-order valence-corrected chi connectivity index (χ3v) is 4.73. The molecule has 1 aromatic rings. The maximum Gasteiger partial charge on any atom is 0.133 e. The van der Waals surface area contributed by atoms with Crippen LogP contribution in [-0.4, -0.2) is 5.75 Å². The smallest absolute Gasteiger partial charge is 0.133 e. The first kappa shape index (κ1) is 13.8. The number of nitriles is 1. The first-order valence-electron chi connectivity index (χ1n) is 6.51. The van der Waals surface area contributed by atoms with Crippen molar-refractivity contribution in [1.29, 1.82) is 5.26 Å². The lowest BCUT2D eigenvalue weighted by Gasteiger charge is -2.19. The van der Waals surface area contributed by atoms with E-state index in [9.17, 15) is 0 Å². The van der Waals surface area contributed by atoms with Crippen molar-refractivity contribution >= 4 is 23.4 Å². The molecule has 0 saturated heterocycles. The summed E-state index contributed by atoms with van der Waals surface area (Å²) in [6, 6.07) is 4.46. The maximum atomic E-state index is 8.58. The Kier molecular flexibility index (Phi) is 4.97.